The molecule has 0 radical (unpaired) electrons. The van der Waals surface area contributed by atoms with Gasteiger partial charge in [-0.25, -0.2) is 9.59 Å². The zero-order valence-electron chi connectivity index (χ0n) is 17.2. The molecule has 1 aromatic heterocycles. The number of benzene rings is 2. The third-order valence-corrected chi connectivity index (χ3v) is 4.75. The zero-order chi connectivity index (χ0) is 21.0. The number of aromatic nitrogens is 1. The van der Waals surface area contributed by atoms with Crippen LogP contribution in [0.25, 0.3) is 21.7 Å². The van der Waals surface area contributed by atoms with Crippen molar-refractivity contribution in [2.45, 2.75) is 34.2 Å². The third kappa shape index (κ3) is 4.23. The first kappa shape index (κ1) is 20.4. The second-order valence-corrected chi connectivity index (χ2v) is 6.51. The molecular formula is C22H26N3O4+. The van der Waals surface area contributed by atoms with E-state index in [1.165, 1.54) is 0 Å². The number of nitrogens with one attached hydrogen (secondary N) is 2. The Labute approximate surface area is 169 Å². The lowest BCUT2D eigenvalue weighted by molar-refractivity contribution is -0.672. The molecule has 0 aliphatic heterocycles. The van der Waals surface area contributed by atoms with E-state index in [1.54, 1.807) is 13.8 Å². The van der Waals surface area contributed by atoms with Crippen molar-refractivity contribution in [3.8, 4) is 0 Å². The molecule has 7 heteroatoms. The van der Waals surface area contributed by atoms with Crippen LogP contribution in [0.4, 0.5) is 21.0 Å². The molecule has 2 amide bonds. The summed E-state index contributed by atoms with van der Waals surface area (Å²) in [6, 6.07) is 11.6. The number of nitrogens with zero attached hydrogens (tertiary/aromatic N) is 1. The summed E-state index contributed by atoms with van der Waals surface area (Å²) < 4.78 is 12.1. The Morgan fingerprint density at radius 3 is 1.93 bits per heavy atom. The molecule has 0 fully saturated rings. The molecule has 0 unspecified atom stereocenters. The van der Waals surface area contributed by atoms with E-state index in [1.807, 2.05) is 43.3 Å². The van der Waals surface area contributed by atoms with Crippen LogP contribution in [0.5, 0.6) is 0 Å². The predicted octanol–water partition coefficient (Wildman–Crippen LogP) is 4.75. The number of anilines is 2. The summed E-state index contributed by atoms with van der Waals surface area (Å²) in [6.07, 6.45) is -0.939. The Morgan fingerprint density at radius 1 is 0.828 bits per heavy atom. The van der Waals surface area contributed by atoms with Crippen molar-refractivity contribution in [3.05, 3.63) is 42.1 Å². The fraction of sp³-hybridized carbons (Fsp3) is 0.318. The highest BCUT2D eigenvalue weighted by atomic mass is 16.6. The highest BCUT2D eigenvalue weighted by molar-refractivity contribution is 6.07. The van der Waals surface area contributed by atoms with Gasteiger partial charge in [-0.05, 0) is 45.0 Å². The minimum atomic E-state index is -0.470. The van der Waals surface area contributed by atoms with Gasteiger partial charge in [0.2, 0.25) is 5.52 Å². The number of rotatable bonds is 5. The van der Waals surface area contributed by atoms with Crippen LogP contribution in [0.1, 0.15) is 26.5 Å². The summed E-state index contributed by atoms with van der Waals surface area (Å²) in [5.74, 6) is 0. The molecule has 152 valence electrons. The van der Waals surface area contributed by atoms with Gasteiger partial charge in [0, 0.05) is 24.1 Å². The molecule has 7 nitrogen and oxygen atoms in total. The maximum atomic E-state index is 11.8. The lowest BCUT2D eigenvalue weighted by Crippen LogP contribution is -2.37. The van der Waals surface area contributed by atoms with Gasteiger partial charge in [0.15, 0.2) is 5.69 Å². The molecule has 0 spiro atoms. The first-order valence-corrected chi connectivity index (χ1v) is 9.75. The van der Waals surface area contributed by atoms with Crippen LogP contribution in [-0.4, -0.2) is 25.4 Å². The normalized spacial score (nSPS) is 10.8. The topological polar surface area (TPSA) is 80.5 Å². The van der Waals surface area contributed by atoms with Gasteiger partial charge in [-0.3, -0.25) is 10.6 Å². The number of pyridine rings is 1. The van der Waals surface area contributed by atoms with Crippen molar-refractivity contribution in [1.82, 2.24) is 0 Å². The molecule has 0 saturated carbocycles. The number of ether oxygens (including phenoxy) is 2. The van der Waals surface area contributed by atoms with Crippen molar-refractivity contribution >= 4 is 45.2 Å². The Balaban J connectivity index is 2.11. The maximum Gasteiger partial charge on any atom is 0.411 e. The van der Waals surface area contributed by atoms with Crippen LogP contribution in [0.15, 0.2) is 36.4 Å². The number of hydrogen-bond acceptors (Lipinski definition) is 4. The Hall–Kier alpha value is -3.35. The van der Waals surface area contributed by atoms with Crippen molar-refractivity contribution in [3.63, 3.8) is 0 Å². The van der Waals surface area contributed by atoms with Gasteiger partial charge in [-0.15, -0.1) is 0 Å². The Bertz CT molecular complexity index is 1080. The average molecular weight is 396 g/mol. The van der Waals surface area contributed by atoms with Crippen LogP contribution in [0.2, 0.25) is 0 Å². The zero-order valence-corrected chi connectivity index (χ0v) is 17.2. The monoisotopic (exact) mass is 396 g/mol. The van der Waals surface area contributed by atoms with Crippen LogP contribution in [0.3, 0.4) is 0 Å². The van der Waals surface area contributed by atoms with Gasteiger partial charge < -0.3 is 9.47 Å². The van der Waals surface area contributed by atoms with Crippen molar-refractivity contribution in [1.29, 1.82) is 0 Å². The molecule has 29 heavy (non-hydrogen) atoms. The van der Waals surface area contributed by atoms with Crippen molar-refractivity contribution < 1.29 is 23.6 Å². The molecule has 1 heterocycles. The van der Waals surface area contributed by atoms with Gasteiger partial charge in [0.05, 0.1) is 29.7 Å². The van der Waals surface area contributed by atoms with Gasteiger partial charge in [0.25, 0.3) is 0 Å². The van der Waals surface area contributed by atoms with E-state index in [-0.39, 0.29) is 0 Å². The van der Waals surface area contributed by atoms with Crippen LogP contribution < -0.4 is 15.2 Å². The van der Waals surface area contributed by atoms with E-state index in [2.05, 4.69) is 22.1 Å². The quantitative estimate of drug-likeness (QED) is 0.482. The Kier molecular flexibility index (Phi) is 6.16. The standard InChI is InChI=1S/C22H25N3O4/c1-5-25-14(4)19-12-15(23-21(26)28-6-2)8-10-17(19)18-11-9-16(13-20(18)25)24-22(27)29-7-3/h8-13H,5-7H2,1-4H3,(H,23,26)/p+1. The van der Waals surface area contributed by atoms with Gasteiger partial charge in [0.1, 0.15) is 6.54 Å². The molecule has 0 aliphatic rings. The van der Waals surface area contributed by atoms with E-state index in [4.69, 9.17) is 9.47 Å². The maximum absolute atomic E-state index is 11.8. The van der Waals surface area contributed by atoms with Crippen LogP contribution in [-0.2, 0) is 16.0 Å². The van der Waals surface area contributed by atoms with Gasteiger partial charge >= 0.3 is 12.2 Å². The molecular weight excluding hydrogens is 370 g/mol. The fourth-order valence-corrected chi connectivity index (χ4v) is 3.52. The molecule has 0 atom stereocenters. The Morgan fingerprint density at radius 2 is 1.38 bits per heavy atom. The average Bonchev–Trinajstić information content (AvgIpc) is 2.69. The van der Waals surface area contributed by atoms with Crippen molar-refractivity contribution in [2.24, 2.45) is 0 Å². The summed E-state index contributed by atoms with van der Waals surface area (Å²) in [6.45, 7) is 9.06. The number of fused-ring (bicyclic) bond motifs is 3. The summed E-state index contributed by atoms with van der Waals surface area (Å²) in [7, 11) is 0. The number of amides is 2. The number of carbonyl (C=O) groups is 2. The summed E-state index contributed by atoms with van der Waals surface area (Å²) in [5.41, 5.74) is 3.44. The first-order chi connectivity index (χ1) is 14.0. The van der Waals surface area contributed by atoms with E-state index < -0.39 is 12.2 Å². The van der Waals surface area contributed by atoms with Crippen molar-refractivity contribution in [2.75, 3.05) is 23.8 Å². The van der Waals surface area contributed by atoms with Crippen LogP contribution in [0, 0.1) is 6.92 Å². The number of aryl methyl sites for hydroxylation is 2. The van der Waals surface area contributed by atoms with E-state index in [0.29, 0.717) is 24.6 Å². The summed E-state index contributed by atoms with van der Waals surface area (Å²) in [4.78, 5) is 23.5. The molecule has 0 saturated heterocycles. The van der Waals surface area contributed by atoms with E-state index >= 15 is 0 Å². The lowest BCUT2D eigenvalue weighted by atomic mass is 10.0. The number of hydrogen-bond donors (Lipinski definition) is 2. The SMILES string of the molecule is CCOC(=O)Nc1ccc2c(c1)c(C)[n+](CC)c1cc(NC(=O)OCC)ccc21. The molecule has 2 aromatic carbocycles. The molecule has 0 bridgehead atoms. The van der Waals surface area contributed by atoms with Crippen LogP contribution >= 0.6 is 0 Å². The highest BCUT2D eigenvalue weighted by Gasteiger charge is 2.19. The van der Waals surface area contributed by atoms with Gasteiger partial charge in [-0.2, -0.15) is 4.57 Å². The van der Waals surface area contributed by atoms with Gasteiger partial charge in [-0.1, -0.05) is 6.07 Å². The van der Waals surface area contributed by atoms with E-state index in [0.717, 1.165) is 33.9 Å². The van der Waals surface area contributed by atoms with E-state index in [9.17, 15) is 9.59 Å². The third-order valence-electron chi connectivity index (χ3n) is 4.75. The lowest BCUT2D eigenvalue weighted by Gasteiger charge is -2.12. The molecule has 0 aliphatic carbocycles. The first-order valence-electron chi connectivity index (χ1n) is 9.75. The highest BCUT2D eigenvalue weighted by Crippen LogP contribution is 2.29. The molecule has 3 aromatic rings. The predicted molar refractivity (Wildman–Crippen MR) is 113 cm³/mol. The minimum absolute atomic E-state index is 0.320. The second-order valence-electron chi connectivity index (χ2n) is 6.51. The largest absolute Gasteiger partial charge is 0.450 e. The molecule has 3 rings (SSSR count). The minimum Gasteiger partial charge on any atom is -0.450 e. The smallest absolute Gasteiger partial charge is 0.411 e. The summed E-state index contributed by atoms with van der Waals surface area (Å²) >= 11 is 0. The summed E-state index contributed by atoms with van der Waals surface area (Å²) in [5, 5.41) is 8.69. The number of carbonyl (C=O) groups excluding carboxylic acids is 2. The molecule has 2 N–H and O–H groups in total. The fourth-order valence-electron chi connectivity index (χ4n) is 3.52. The second kappa shape index (κ2) is 8.77.